The van der Waals surface area contributed by atoms with Crippen LogP contribution in [0.25, 0.3) is 0 Å². The Morgan fingerprint density at radius 2 is 1.80 bits per heavy atom. The van der Waals surface area contributed by atoms with Crippen LogP contribution >= 0.6 is 0 Å². The molecule has 0 N–H and O–H groups in total. The van der Waals surface area contributed by atoms with Gasteiger partial charge in [-0.2, -0.15) is 0 Å². The Hall–Kier alpha value is -2.18. The van der Waals surface area contributed by atoms with Crippen LogP contribution in [0.5, 0.6) is 5.75 Å². The van der Waals surface area contributed by atoms with E-state index < -0.39 is 21.2 Å². The largest absolute Gasteiger partial charge is 0.493 e. The van der Waals surface area contributed by atoms with Crippen molar-refractivity contribution in [3.05, 3.63) is 45.4 Å². The molecule has 0 amide bonds. The maximum absolute atomic E-state index is 10.5. The van der Waals surface area contributed by atoms with Crippen molar-refractivity contribution >= 4 is 11.4 Å². The predicted octanol–water partition coefficient (Wildman–Crippen LogP) is 1.72. The minimum absolute atomic E-state index is 0.0922. The highest BCUT2D eigenvalue weighted by Gasteiger charge is 2.24. The molecule has 7 heteroatoms. The van der Waals surface area contributed by atoms with Crippen molar-refractivity contribution in [3.63, 3.8) is 0 Å². The van der Waals surface area contributed by atoms with Gasteiger partial charge in [0, 0.05) is 6.07 Å². The molecule has 0 saturated carbocycles. The lowest BCUT2D eigenvalue weighted by molar-refractivity contribution is -0.422. The van der Waals surface area contributed by atoms with Crippen LogP contribution < -0.4 is 4.74 Å². The molecule has 1 aromatic rings. The SMILES string of the molecule is [CH2]COc1ccc([N+](=O)[O-])c([N+](=O)[O-])c1. The van der Waals surface area contributed by atoms with E-state index in [9.17, 15) is 20.2 Å². The van der Waals surface area contributed by atoms with E-state index in [0.717, 1.165) is 12.1 Å². The molecule has 0 unspecified atom stereocenters. The molecule has 0 atom stereocenters. The molecule has 1 aromatic carbocycles. The third kappa shape index (κ3) is 2.39. The number of nitro benzene ring substituents is 2. The van der Waals surface area contributed by atoms with Gasteiger partial charge in [0.15, 0.2) is 0 Å². The average molecular weight is 211 g/mol. The monoisotopic (exact) mass is 211 g/mol. The quantitative estimate of drug-likeness (QED) is 0.558. The molecule has 0 aliphatic carbocycles. The molecule has 0 aromatic heterocycles. The molecule has 79 valence electrons. The second kappa shape index (κ2) is 4.36. The summed E-state index contributed by atoms with van der Waals surface area (Å²) in [6.45, 7) is 3.48. The molecular formula is C8H7N2O5. The van der Waals surface area contributed by atoms with Crippen LogP contribution in [0.3, 0.4) is 0 Å². The van der Waals surface area contributed by atoms with E-state index in [2.05, 4.69) is 6.92 Å². The molecular weight excluding hydrogens is 204 g/mol. The highest BCUT2D eigenvalue weighted by atomic mass is 16.6. The summed E-state index contributed by atoms with van der Waals surface area (Å²) in [6.07, 6.45) is 0. The van der Waals surface area contributed by atoms with Gasteiger partial charge in [-0.15, -0.1) is 0 Å². The molecule has 0 fully saturated rings. The van der Waals surface area contributed by atoms with Crippen molar-refractivity contribution < 1.29 is 14.6 Å². The summed E-state index contributed by atoms with van der Waals surface area (Å²) in [7, 11) is 0. The normalized spacial score (nSPS) is 9.67. The zero-order valence-corrected chi connectivity index (χ0v) is 7.58. The van der Waals surface area contributed by atoms with E-state index in [4.69, 9.17) is 4.74 Å². The zero-order chi connectivity index (χ0) is 11.4. The summed E-state index contributed by atoms with van der Waals surface area (Å²) >= 11 is 0. The lowest BCUT2D eigenvalue weighted by Crippen LogP contribution is -1.98. The average Bonchev–Trinajstić information content (AvgIpc) is 2.17. The van der Waals surface area contributed by atoms with Crippen molar-refractivity contribution in [2.45, 2.75) is 0 Å². The second-order valence-electron chi connectivity index (χ2n) is 2.51. The summed E-state index contributed by atoms with van der Waals surface area (Å²) in [4.78, 5) is 19.3. The molecule has 15 heavy (non-hydrogen) atoms. The van der Waals surface area contributed by atoms with E-state index in [0.29, 0.717) is 0 Å². The third-order valence-electron chi connectivity index (χ3n) is 1.61. The summed E-state index contributed by atoms with van der Waals surface area (Å²) in [5.74, 6) is 0.183. The molecule has 1 rings (SSSR count). The number of benzene rings is 1. The highest BCUT2D eigenvalue weighted by Crippen LogP contribution is 2.30. The Morgan fingerprint density at radius 3 is 2.27 bits per heavy atom. The van der Waals surface area contributed by atoms with Crippen molar-refractivity contribution in [1.82, 2.24) is 0 Å². The number of hydrogen-bond donors (Lipinski definition) is 0. The number of nitro groups is 2. The molecule has 7 nitrogen and oxygen atoms in total. The van der Waals surface area contributed by atoms with Gasteiger partial charge >= 0.3 is 11.4 Å². The predicted molar refractivity (Wildman–Crippen MR) is 50.6 cm³/mol. The maximum Gasteiger partial charge on any atom is 0.349 e. The van der Waals surface area contributed by atoms with Gasteiger partial charge in [0.1, 0.15) is 5.75 Å². The van der Waals surface area contributed by atoms with E-state index in [-0.39, 0.29) is 12.4 Å². The zero-order valence-electron chi connectivity index (χ0n) is 7.58. The van der Waals surface area contributed by atoms with Crippen LogP contribution in [0.1, 0.15) is 0 Å². The standard InChI is InChI=1S/C8H7N2O5/c1-2-15-6-3-4-7(9(11)12)8(5-6)10(13)14/h3-5H,1-2H2. The van der Waals surface area contributed by atoms with Crippen molar-refractivity contribution in [1.29, 1.82) is 0 Å². The van der Waals surface area contributed by atoms with Gasteiger partial charge in [0.2, 0.25) is 0 Å². The molecule has 1 radical (unpaired) electrons. The van der Waals surface area contributed by atoms with E-state index in [1.165, 1.54) is 6.07 Å². The van der Waals surface area contributed by atoms with Crippen molar-refractivity contribution in [3.8, 4) is 5.75 Å². The lowest BCUT2D eigenvalue weighted by atomic mass is 10.2. The van der Waals surface area contributed by atoms with Gasteiger partial charge in [-0.25, -0.2) is 0 Å². The summed E-state index contributed by atoms with van der Waals surface area (Å²) < 4.78 is 4.89. The molecule has 0 aliphatic rings. The first-order chi connectivity index (χ1) is 7.06. The van der Waals surface area contributed by atoms with Crippen LogP contribution in [0.4, 0.5) is 11.4 Å². The number of nitrogens with zero attached hydrogens (tertiary/aromatic N) is 2. The van der Waals surface area contributed by atoms with Crippen molar-refractivity contribution in [2.75, 3.05) is 6.61 Å². The van der Waals surface area contributed by atoms with Gasteiger partial charge in [-0.1, -0.05) is 0 Å². The van der Waals surface area contributed by atoms with Gasteiger partial charge in [0.25, 0.3) is 0 Å². The minimum Gasteiger partial charge on any atom is -0.493 e. The summed E-state index contributed by atoms with van der Waals surface area (Å²) in [5.41, 5.74) is -1.15. The number of rotatable bonds is 4. The van der Waals surface area contributed by atoms with Gasteiger partial charge in [0.05, 0.1) is 22.5 Å². The Morgan fingerprint density at radius 1 is 1.20 bits per heavy atom. The minimum atomic E-state index is -0.825. The van der Waals surface area contributed by atoms with Crippen LogP contribution in [0, 0.1) is 27.2 Å². The Labute approximate surface area is 84.6 Å². The Balaban J connectivity index is 3.21. The van der Waals surface area contributed by atoms with Crippen LogP contribution in [0.15, 0.2) is 18.2 Å². The van der Waals surface area contributed by atoms with Crippen LogP contribution in [-0.4, -0.2) is 16.5 Å². The maximum atomic E-state index is 10.5. The van der Waals surface area contributed by atoms with Crippen LogP contribution in [-0.2, 0) is 0 Å². The van der Waals surface area contributed by atoms with E-state index >= 15 is 0 Å². The first-order valence-electron chi connectivity index (χ1n) is 3.91. The Bertz CT molecular complexity index is 404. The fourth-order valence-corrected chi connectivity index (χ4v) is 1.01. The third-order valence-corrected chi connectivity index (χ3v) is 1.61. The van der Waals surface area contributed by atoms with Crippen LogP contribution in [0.2, 0.25) is 0 Å². The molecule has 0 saturated heterocycles. The van der Waals surface area contributed by atoms with Gasteiger partial charge in [-0.3, -0.25) is 20.2 Å². The molecule has 0 aliphatic heterocycles. The highest BCUT2D eigenvalue weighted by molar-refractivity contribution is 5.55. The first-order valence-corrected chi connectivity index (χ1v) is 3.91. The fourth-order valence-electron chi connectivity index (χ4n) is 1.01. The van der Waals surface area contributed by atoms with Gasteiger partial charge < -0.3 is 4.74 Å². The first kappa shape index (κ1) is 10.9. The van der Waals surface area contributed by atoms with Crippen molar-refractivity contribution in [2.24, 2.45) is 0 Å². The second-order valence-corrected chi connectivity index (χ2v) is 2.51. The smallest absolute Gasteiger partial charge is 0.349 e. The van der Waals surface area contributed by atoms with E-state index in [1.54, 1.807) is 0 Å². The molecule has 0 bridgehead atoms. The van der Waals surface area contributed by atoms with Gasteiger partial charge in [-0.05, 0) is 13.0 Å². The van der Waals surface area contributed by atoms with E-state index in [1.807, 2.05) is 0 Å². The Kier molecular flexibility index (Phi) is 3.17. The fraction of sp³-hybridized carbons (Fsp3) is 0.125. The topological polar surface area (TPSA) is 95.5 Å². The molecule has 0 spiro atoms. The number of ether oxygens (including phenoxy) is 1. The summed E-state index contributed by atoms with van der Waals surface area (Å²) in [5, 5.41) is 21.0. The number of hydrogen-bond acceptors (Lipinski definition) is 5. The molecule has 0 heterocycles. The summed E-state index contributed by atoms with van der Waals surface area (Å²) in [6, 6.07) is 3.32. The lowest BCUT2D eigenvalue weighted by Gasteiger charge is -2.01.